The molecule has 1 amide bonds. The number of hydrogen-bond acceptors (Lipinski definition) is 6. The number of ether oxygens (including phenoxy) is 3. The number of piperidine rings is 1. The number of esters is 1. The molecule has 33 heavy (non-hydrogen) atoms. The zero-order valence-corrected chi connectivity index (χ0v) is 19.1. The first-order valence-electron chi connectivity index (χ1n) is 10.7. The maximum Gasteiger partial charge on any atom is 0.422 e. The molecule has 8 nitrogen and oxygen atoms in total. The molecule has 3 rings (SSSR count). The van der Waals surface area contributed by atoms with Gasteiger partial charge in [0, 0.05) is 19.0 Å². The highest BCUT2D eigenvalue weighted by Crippen LogP contribution is 2.30. The van der Waals surface area contributed by atoms with Crippen LogP contribution in [-0.2, 0) is 19.0 Å². The number of nitrogens with zero attached hydrogens (tertiary/aromatic N) is 3. The molecule has 0 aromatic heterocycles. The second-order valence-electron chi connectivity index (χ2n) is 9.19. The Morgan fingerprint density at radius 1 is 1.18 bits per heavy atom. The maximum atomic E-state index is 12.8. The van der Waals surface area contributed by atoms with Crippen LogP contribution >= 0.6 is 0 Å². The van der Waals surface area contributed by atoms with Gasteiger partial charge in [-0.3, -0.25) is 0 Å². The molecule has 182 valence electrons. The molecule has 1 saturated heterocycles. The van der Waals surface area contributed by atoms with Gasteiger partial charge in [-0.25, -0.2) is 9.59 Å². The second-order valence-corrected chi connectivity index (χ2v) is 9.19. The van der Waals surface area contributed by atoms with Gasteiger partial charge in [0.1, 0.15) is 23.0 Å². The van der Waals surface area contributed by atoms with Gasteiger partial charge in [-0.05, 0) is 50.9 Å². The van der Waals surface area contributed by atoms with E-state index in [4.69, 9.17) is 9.47 Å². The van der Waals surface area contributed by atoms with Crippen molar-refractivity contribution in [3.05, 3.63) is 23.5 Å². The lowest BCUT2D eigenvalue weighted by molar-refractivity contribution is -0.534. The Morgan fingerprint density at radius 3 is 2.42 bits per heavy atom. The van der Waals surface area contributed by atoms with Gasteiger partial charge in [0.2, 0.25) is 0 Å². The molecule has 0 spiro atoms. The van der Waals surface area contributed by atoms with E-state index in [1.54, 1.807) is 21.9 Å². The normalized spacial score (nSPS) is 21.4. The van der Waals surface area contributed by atoms with Crippen LogP contribution in [0.5, 0.6) is 0 Å². The third-order valence-corrected chi connectivity index (χ3v) is 5.36. The number of carbonyl (C=O) groups is 2. The van der Waals surface area contributed by atoms with Gasteiger partial charge < -0.3 is 19.1 Å². The van der Waals surface area contributed by atoms with Gasteiger partial charge in [0.05, 0.1) is 12.7 Å². The van der Waals surface area contributed by atoms with Crippen molar-refractivity contribution in [2.45, 2.75) is 45.4 Å². The van der Waals surface area contributed by atoms with Gasteiger partial charge in [0.15, 0.2) is 19.4 Å². The van der Waals surface area contributed by atoms with Gasteiger partial charge in [-0.2, -0.15) is 13.2 Å². The number of carbonyl (C=O) groups excluding carboxylic acids is 2. The van der Waals surface area contributed by atoms with E-state index in [1.807, 2.05) is 20.8 Å². The fraction of sp³-hybridized carbons (Fsp3) is 0.636. The molecule has 3 aliphatic rings. The Labute approximate surface area is 190 Å². The minimum Gasteiger partial charge on any atom is -0.486 e. The first-order valence-corrected chi connectivity index (χ1v) is 10.7. The molecule has 1 unspecified atom stereocenters. The highest BCUT2D eigenvalue weighted by molar-refractivity contribution is 6.12. The van der Waals surface area contributed by atoms with Crippen molar-refractivity contribution in [2.75, 3.05) is 33.4 Å². The van der Waals surface area contributed by atoms with Crippen LogP contribution in [0.4, 0.5) is 18.0 Å². The topological polar surface area (TPSA) is 80.4 Å². The van der Waals surface area contributed by atoms with E-state index in [9.17, 15) is 22.8 Å². The summed E-state index contributed by atoms with van der Waals surface area (Å²) in [4.78, 5) is 26.0. The van der Waals surface area contributed by atoms with Crippen molar-refractivity contribution in [3.8, 4) is 0 Å². The highest BCUT2D eigenvalue weighted by Gasteiger charge is 2.40. The number of alkyl halides is 3. The molecule has 0 saturated carbocycles. The molecule has 1 atom stereocenters. The summed E-state index contributed by atoms with van der Waals surface area (Å²) in [6.07, 6.45) is 1.21. The van der Waals surface area contributed by atoms with Crippen LogP contribution in [0.15, 0.2) is 28.6 Å². The van der Waals surface area contributed by atoms with Gasteiger partial charge in [-0.15, -0.1) is 0 Å². The Hall–Kier alpha value is -2.85. The largest absolute Gasteiger partial charge is 0.486 e. The minimum atomic E-state index is -4.55. The molecule has 0 aromatic rings. The predicted molar refractivity (Wildman–Crippen MR) is 113 cm³/mol. The number of fused-ring (bicyclic) bond motifs is 1. The van der Waals surface area contributed by atoms with Crippen LogP contribution < -0.4 is 0 Å². The Morgan fingerprint density at radius 2 is 1.85 bits per heavy atom. The van der Waals surface area contributed by atoms with Gasteiger partial charge in [-0.1, -0.05) is 4.68 Å². The summed E-state index contributed by atoms with van der Waals surface area (Å²) in [5.41, 5.74) is -0.124. The summed E-state index contributed by atoms with van der Waals surface area (Å²) in [6.45, 7) is 5.59. The molecule has 2 heterocycles. The first-order chi connectivity index (χ1) is 15.4. The van der Waals surface area contributed by atoms with Crippen molar-refractivity contribution in [2.24, 2.45) is 16.9 Å². The number of hydrogen-bond donors (Lipinski definition) is 0. The molecule has 0 N–H and O–H groups in total. The number of allylic oxidation sites excluding steroid dienone is 2. The number of halogens is 3. The van der Waals surface area contributed by atoms with E-state index < -0.39 is 30.3 Å². The highest BCUT2D eigenvalue weighted by atomic mass is 19.4. The lowest BCUT2D eigenvalue weighted by Crippen LogP contribution is -2.42. The van der Waals surface area contributed by atoms with E-state index >= 15 is 0 Å². The minimum absolute atomic E-state index is 0.0607. The lowest BCUT2D eigenvalue weighted by Gasteiger charge is -2.32. The smallest absolute Gasteiger partial charge is 0.422 e. The average molecular weight is 472 g/mol. The van der Waals surface area contributed by atoms with E-state index in [0.29, 0.717) is 25.3 Å². The Kier molecular flexibility index (Phi) is 7.18. The van der Waals surface area contributed by atoms with E-state index in [-0.39, 0.29) is 23.3 Å². The van der Waals surface area contributed by atoms with Crippen LogP contribution in [0.2, 0.25) is 0 Å². The van der Waals surface area contributed by atoms with Crippen molar-refractivity contribution >= 4 is 24.0 Å². The van der Waals surface area contributed by atoms with E-state index in [0.717, 1.165) is 20.0 Å². The fourth-order valence-corrected chi connectivity index (χ4v) is 3.85. The first kappa shape index (κ1) is 24.8. The lowest BCUT2D eigenvalue weighted by atomic mass is 9.93. The van der Waals surface area contributed by atoms with Crippen LogP contribution in [0.3, 0.4) is 0 Å². The zero-order valence-electron chi connectivity index (χ0n) is 19.1. The van der Waals surface area contributed by atoms with Crippen molar-refractivity contribution in [1.82, 2.24) is 4.90 Å². The average Bonchev–Trinajstić information content (AvgIpc) is 3.12. The van der Waals surface area contributed by atoms with Crippen molar-refractivity contribution in [1.29, 1.82) is 0 Å². The number of hydrazone groups is 1. The molecule has 0 aromatic carbocycles. The molecule has 1 fully saturated rings. The monoisotopic (exact) mass is 472 g/mol. The quantitative estimate of drug-likeness (QED) is 0.453. The number of methoxy groups -OCH3 is 1. The Balaban J connectivity index is 1.66. The summed E-state index contributed by atoms with van der Waals surface area (Å²) < 4.78 is 55.1. The molecular formula is C22H29F3N3O5+. The summed E-state index contributed by atoms with van der Waals surface area (Å²) in [7, 11) is 1.16. The SMILES string of the molecule is COC(=O)C1=C(OCC(F)(F)F)C2C=[N+](CC3CCN(C(=O)OC(C)(C)C)CC3)N=C2C=C1. The summed E-state index contributed by atoms with van der Waals surface area (Å²) in [5, 5.41) is 4.48. The number of rotatable bonds is 5. The molecule has 2 aliphatic heterocycles. The summed E-state index contributed by atoms with van der Waals surface area (Å²) in [6, 6.07) is 0. The second kappa shape index (κ2) is 9.56. The molecular weight excluding hydrogens is 443 g/mol. The Bertz CT molecular complexity index is 907. The van der Waals surface area contributed by atoms with Crippen molar-refractivity contribution in [3.63, 3.8) is 0 Å². The molecule has 11 heteroatoms. The van der Waals surface area contributed by atoms with Gasteiger partial charge in [0.25, 0.3) is 0 Å². The standard InChI is InChI=1S/C22H29F3N3O5/c1-21(2,3)33-20(30)27-9-7-14(8-10-27)11-28-12-16-17(26-28)6-5-15(19(29)31-4)18(16)32-13-22(23,24)25/h5-6,12,14,16H,7-11,13H2,1-4H3/q+1. The summed E-state index contributed by atoms with van der Waals surface area (Å²) >= 11 is 0. The van der Waals surface area contributed by atoms with Crippen LogP contribution in [0.1, 0.15) is 33.6 Å². The van der Waals surface area contributed by atoms with Crippen molar-refractivity contribution < 1.29 is 41.7 Å². The van der Waals surface area contributed by atoms with E-state index in [1.165, 1.54) is 6.08 Å². The molecule has 0 radical (unpaired) electrons. The fourth-order valence-electron chi connectivity index (χ4n) is 3.85. The molecule has 1 aliphatic carbocycles. The van der Waals surface area contributed by atoms with Crippen LogP contribution in [0.25, 0.3) is 0 Å². The zero-order chi connectivity index (χ0) is 24.4. The number of amides is 1. The van der Waals surface area contributed by atoms with Gasteiger partial charge >= 0.3 is 18.2 Å². The maximum absolute atomic E-state index is 12.8. The molecule has 0 bridgehead atoms. The number of likely N-dealkylation sites (tertiary alicyclic amines) is 1. The third kappa shape index (κ3) is 6.58. The van der Waals surface area contributed by atoms with E-state index in [2.05, 4.69) is 9.84 Å². The summed E-state index contributed by atoms with van der Waals surface area (Å²) in [5.74, 6) is -1.36. The third-order valence-electron chi connectivity index (χ3n) is 5.36. The van der Waals surface area contributed by atoms with Crippen LogP contribution in [-0.4, -0.2) is 78.7 Å². The van der Waals surface area contributed by atoms with Crippen LogP contribution in [0, 0.1) is 11.8 Å². The predicted octanol–water partition coefficient (Wildman–Crippen LogP) is 3.28.